The van der Waals surface area contributed by atoms with Gasteiger partial charge >= 0.3 is 0 Å². The first-order valence-electron chi connectivity index (χ1n) is 8.47. The first-order valence-corrected chi connectivity index (χ1v) is 9.88. The Morgan fingerprint density at radius 3 is 2.48 bits per heavy atom. The van der Waals surface area contributed by atoms with Gasteiger partial charge in [-0.2, -0.15) is 8.42 Å². The average molecular weight is 394 g/mol. The molecule has 0 amide bonds. The molecule has 1 aliphatic heterocycles. The van der Waals surface area contributed by atoms with Crippen molar-refractivity contribution < 1.29 is 21.9 Å². The molecule has 0 radical (unpaired) electrons. The lowest BCUT2D eigenvalue weighted by atomic mass is 10.0. The Balaban J connectivity index is 2.04. The predicted octanol–water partition coefficient (Wildman–Crippen LogP) is 3.17. The molecular formula is C18H19FN2O5S. The fourth-order valence-electron chi connectivity index (χ4n) is 3.03. The zero-order chi connectivity index (χ0) is 19.6. The van der Waals surface area contributed by atoms with Gasteiger partial charge in [0.25, 0.3) is 15.8 Å². The standard InChI is InChI=1S/C18H19FN2O5S/c1-12-2-5-18(27(24,25)26-14-6-8-20-9-7-14)16(10-12)15-4-3-13(21(22)23)11-17(15)19/h2-5,10-11,14,20H,6-9H2,1H3. The molecule has 1 fully saturated rings. The van der Waals surface area contributed by atoms with Gasteiger partial charge in [-0.05, 0) is 51.1 Å². The van der Waals surface area contributed by atoms with Crippen LogP contribution in [0.4, 0.5) is 10.1 Å². The molecule has 2 aromatic rings. The van der Waals surface area contributed by atoms with Crippen molar-refractivity contribution in [2.24, 2.45) is 0 Å². The molecule has 1 N–H and O–H groups in total. The van der Waals surface area contributed by atoms with E-state index >= 15 is 0 Å². The van der Waals surface area contributed by atoms with E-state index in [4.69, 9.17) is 4.18 Å². The largest absolute Gasteiger partial charge is 0.317 e. The number of benzene rings is 2. The zero-order valence-corrected chi connectivity index (χ0v) is 15.5. The van der Waals surface area contributed by atoms with Crippen molar-refractivity contribution in [1.82, 2.24) is 5.32 Å². The third-order valence-electron chi connectivity index (χ3n) is 4.41. The lowest BCUT2D eigenvalue weighted by molar-refractivity contribution is -0.385. The highest BCUT2D eigenvalue weighted by atomic mass is 32.2. The number of nitrogens with zero attached hydrogens (tertiary/aromatic N) is 1. The Hall–Kier alpha value is -2.36. The van der Waals surface area contributed by atoms with Crippen LogP contribution >= 0.6 is 0 Å². The predicted molar refractivity (Wildman–Crippen MR) is 97.4 cm³/mol. The van der Waals surface area contributed by atoms with Crippen LogP contribution in [0, 0.1) is 22.9 Å². The molecule has 2 aromatic carbocycles. The second-order valence-corrected chi connectivity index (χ2v) is 7.96. The van der Waals surface area contributed by atoms with Crippen molar-refractivity contribution in [3.05, 3.63) is 57.9 Å². The van der Waals surface area contributed by atoms with Gasteiger partial charge in [0.2, 0.25) is 0 Å². The van der Waals surface area contributed by atoms with Gasteiger partial charge in [-0.25, -0.2) is 4.39 Å². The van der Waals surface area contributed by atoms with Gasteiger partial charge in [0.05, 0.1) is 17.1 Å². The summed E-state index contributed by atoms with van der Waals surface area (Å²) in [6, 6.07) is 7.65. The fraction of sp³-hybridized carbons (Fsp3) is 0.333. The van der Waals surface area contributed by atoms with Crippen LogP contribution in [0.25, 0.3) is 11.1 Å². The van der Waals surface area contributed by atoms with Crippen LogP contribution in [-0.2, 0) is 14.3 Å². The number of nitro benzene ring substituents is 1. The van der Waals surface area contributed by atoms with Crippen LogP contribution in [0.2, 0.25) is 0 Å². The first-order chi connectivity index (χ1) is 12.8. The molecule has 0 bridgehead atoms. The number of rotatable bonds is 5. The molecular weight excluding hydrogens is 375 g/mol. The Bertz CT molecular complexity index is 972. The SMILES string of the molecule is Cc1ccc(S(=O)(=O)OC2CCNCC2)c(-c2ccc([N+](=O)[O-])cc2F)c1. The average Bonchev–Trinajstić information content (AvgIpc) is 2.61. The first kappa shape index (κ1) is 19.4. The molecule has 1 saturated heterocycles. The number of nitrogens with one attached hydrogen (secondary N) is 1. The molecule has 7 nitrogen and oxygen atoms in total. The molecule has 0 saturated carbocycles. The van der Waals surface area contributed by atoms with Crippen molar-refractivity contribution in [2.75, 3.05) is 13.1 Å². The van der Waals surface area contributed by atoms with E-state index in [9.17, 15) is 22.9 Å². The van der Waals surface area contributed by atoms with Gasteiger partial charge in [-0.1, -0.05) is 11.6 Å². The zero-order valence-electron chi connectivity index (χ0n) is 14.6. The topological polar surface area (TPSA) is 98.5 Å². The lowest BCUT2D eigenvalue weighted by Crippen LogP contribution is -2.33. The molecule has 0 atom stereocenters. The molecule has 0 spiro atoms. The minimum atomic E-state index is -4.13. The third-order valence-corrected chi connectivity index (χ3v) is 5.83. The van der Waals surface area contributed by atoms with Gasteiger partial charge in [-0.3, -0.25) is 14.3 Å². The Morgan fingerprint density at radius 2 is 1.85 bits per heavy atom. The van der Waals surface area contributed by atoms with Crippen molar-refractivity contribution in [2.45, 2.75) is 30.8 Å². The van der Waals surface area contributed by atoms with E-state index in [1.54, 1.807) is 13.0 Å². The number of aryl methyl sites for hydroxylation is 1. The number of hydrogen-bond donors (Lipinski definition) is 1. The van der Waals surface area contributed by atoms with E-state index in [0.29, 0.717) is 25.9 Å². The number of hydrogen-bond acceptors (Lipinski definition) is 6. The van der Waals surface area contributed by atoms with Gasteiger partial charge in [0, 0.05) is 17.2 Å². The summed E-state index contributed by atoms with van der Waals surface area (Å²) in [6.07, 6.45) is 0.686. The number of halogens is 1. The van der Waals surface area contributed by atoms with Gasteiger partial charge < -0.3 is 5.32 Å². The van der Waals surface area contributed by atoms with E-state index < -0.39 is 32.7 Å². The van der Waals surface area contributed by atoms with Gasteiger partial charge in [0.1, 0.15) is 10.7 Å². The van der Waals surface area contributed by atoms with Crippen molar-refractivity contribution >= 4 is 15.8 Å². The minimum Gasteiger partial charge on any atom is -0.317 e. The van der Waals surface area contributed by atoms with Crippen LogP contribution in [-0.4, -0.2) is 32.5 Å². The van der Waals surface area contributed by atoms with E-state index in [1.165, 1.54) is 18.2 Å². The molecule has 1 heterocycles. The van der Waals surface area contributed by atoms with Crippen LogP contribution in [0.15, 0.2) is 41.3 Å². The highest BCUT2D eigenvalue weighted by molar-refractivity contribution is 7.87. The summed E-state index contributed by atoms with van der Waals surface area (Å²) >= 11 is 0. The maximum absolute atomic E-state index is 14.5. The van der Waals surface area contributed by atoms with Crippen LogP contribution in [0.3, 0.4) is 0 Å². The second kappa shape index (κ2) is 7.71. The van der Waals surface area contributed by atoms with E-state index in [0.717, 1.165) is 17.7 Å². The van der Waals surface area contributed by atoms with E-state index in [-0.39, 0.29) is 16.0 Å². The summed E-state index contributed by atoms with van der Waals surface area (Å²) in [7, 11) is -4.13. The molecule has 9 heteroatoms. The second-order valence-electron chi connectivity index (χ2n) is 6.42. The smallest absolute Gasteiger partial charge is 0.297 e. The van der Waals surface area contributed by atoms with Crippen LogP contribution in [0.5, 0.6) is 0 Å². The van der Waals surface area contributed by atoms with E-state index in [1.807, 2.05) is 0 Å². The van der Waals surface area contributed by atoms with Gasteiger partial charge in [0.15, 0.2) is 0 Å². The fourth-order valence-corrected chi connectivity index (χ4v) is 4.36. The molecule has 144 valence electrons. The molecule has 0 unspecified atom stereocenters. The summed E-state index contributed by atoms with van der Waals surface area (Å²) in [5.74, 6) is -0.867. The Kier molecular flexibility index (Phi) is 5.54. The minimum absolute atomic E-state index is 0.0308. The van der Waals surface area contributed by atoms with Crippen LogP contribution in [0.1, 0.15) is 18.4 Å². The van der Waals surface area contributed by atoms with Crippen molar-refractivity contribution in [3.8, 4) is 11.1 Å². The van der Waals surface area contributed by atoms with Crippen molar-refractivity contribution in [1.29, 1.82) is 0 Å². The summed E-state index contributed by atoms with van der Waals surface area (Å²) in [4.78, 5) is 9.96. The van der Waals surface area contributed by atoms with E-state index in [2.05, 4.69) is 5.32 Å². The maximum atomic E-state index is 14.5. The monoisotopic (exact) mass is 394 g/mol. The number of non-ortho nitro benzene ring substituents is 1. The Morgan fingerprint density at radius 1 is 1.15 bits per heavy atom. The molecule has 27 heavy (non-hydrogen) atoms. The number of nitro groups is 1. The maximum Gasteiger partial charge on any atom is 0.297 e. The highest BCUT2D eigenvalue weighted by Crippen LogP contribution is 2.33. The summed E-state index contributed by atoms with van der Waals surface area (Å²) in [5.41, 5.74) is 0.413. The van der Waals surface area contributed by atoms with Crippen LogP contribution < -0.4 is 5.32 Å². The molecule has 3 rings (SSSR count). The number of piperidine rings is 1. The quantitative estimate of drug-likeness (QED) is 0.475. The summed E-state index contributed by atoms with van der Waals surface area (Å²) in [5, 5.41) is 13.9. The summed E-state index contributed by atoms with van der Waals surface area (Å²) in [6.45, 7) is 3.08. The summed E-state index contributed by atoms with van der Waals surface area (Å²) < 4.78 is 45.5. The van der Waals surface area contributed by atoms with Crippen molar-refractivity contribution in [3.63, 3.8) is 0 Å². The molecule has 0 aromatic heterocycles. The molecule has 1 aliphatic rings. The third kappa shape index (κ3) is 4.32. The lowest BCUT2D eigenvalue weighted by Gasteiger charge is -2.23. The highest BCUT2D eigenvalue weighted by Gasteiger charge is 2.27. The van der Waals surface area contributed by atoms with Gasteiger partial charge in [-0.15, -0.1) is 0 Å². The molecule has 0 aliphatic carbocycles. The Labute approximate surface area is 156 Å². The normalized spacial score (nSPS) is 15.6.